The van der Waals surface area contributed by atoms with Crippen LogP contribution in [0.4, 0.5) is 0 Å². The van der Waals surface area contributed by atoms with Gasteiger partial charge in [-0.15, -0.1) is 0 Å². The average Bonchev–Trinajstić information content (AvgIpc) is 3.43. The van der Waals surface area contributed by atoms with Crippen LogP contribution in [0.5, 0.6) is 0 Å². The molecule has 0 aromatic carbocycles. The molecule has 0 N–H and O–H groups in total. The summed E-state index contributed by atoms with van der Waals surface area (Å²) >= 11 is 0. The van der Waals surface area contributed by atoms with Crippen LogP contribution in [-0.4, -0.2) is 0 Å². The van der Waals surface area contributed by atoms with Crippen LogP contribution in [0.3, 0.4) is 0 Å². The third kappa shape index (κ3) is 113. The number of hydrogen-bond donors (Lipinski definition) is 0. The zero-order chi connectivity index (χ0) is 19.1. The molecule has 0 aromatic rings. The first kappa shape index (κ1) is 56.2. The van der Waals surface area contributed by atoms with E-state index in [-0.39, 0.29) is 61.8 Å². The van der Waals surface area contributed by atoms with Crippen molar-refractivity contribution in [1.82, 2.24) is 0 Å². The van der Waals surface area contributed by atoms with Crippen LogP contribution in [0.25, 0.3) is 0 Å². The van der Waals surface area contributed by atoms with Crippen molar-refractivity contribution in [1.29, 1.82) is 0 Å². The Balaban J connectivity index is -0.0000000174. The molecule has 0 saturated heterocycles. The summed E-state index contributed by atoms with van der Waals surface area (Å²) in [6.07, 6.45) is 21.0. The van der Waals surface area contributed by atoms with E-state index in [1.54, 1.807) is 0 Å². The molecule has 0 aliphatic heterocycles. The normalized spacial score (nSPS) is 10.1. The molecule has 2 aliphatic rings. The Hall–Kier alpha value is 0.414. The Morgan fingerprint density at radius 2 is 0.520 bits per heavy atom. The summed E-state index contributed by atoms with van der Waals surface area (Å²) in [6.45, 7) is 27.0. The molecule has 0 spiro atoms. The molecule has 12 radical (unpaired) electrons. The molecule has 124 valence electrons. The van der Waals surface area contributed by atoms with Gasteiger partial charge in [-0.05, 0) is 0 Å². The van der Waals surface area contributed by atoms with Gasteiger partial charge in [0.1, 0.15) is 0 Å². The molecule has 0 amide bonds. The van der Waals surface area contributed by atoms with E-state index in [1.165, 1.54) is 0 Å². The smallest absolute Gasteiger partial charge is 0.474 e. The number of rotatable bonds is 0. The minimum Gasteiger partial charge on any atom is -0.474 e. The van der Waals surface area contributed by atoms with Gasteiger partial charge in [-0.1, -0.05) is 25.7 Å². The molecule has 2 rings (SSSR count). The van der Waals surface area contributed by atoms with Crippen LogP contribution in [0, 0.1) is 104 Å². The monoisotopic (exact) mass is 608 g/mol. The minimum absolute atomic E-state index is 0. The maximum absolute atomic E-state index is 7.50. The summed E-state index contributed by atoms with van der Waals surface area (Å²) in [5.41, 5.74) is 0. The largest absolute Gasteiger partial charge is 2.00 e. The van der Waals surface area contributed by atoms with E-state index in [2.05, 4.69) is 52.7 Å². The molecule has 0 unspecified atom stereocenters. The van der Waals surface area contributed by atoms with Crippen molar-refractivity contribution in [2.75, 3.05) is 0 Å². The second kappa shape index (κ2) is 123. The Morgan fingerprint density at radius 1 is 0.400 bits per heavy atom. The second-order valence-electron chi connectivity index (χ2n) is 1.77. The third-order valence-corrected chi connectivity index (χ3v) is 0.992. The standard InChI is InChI=1S/2C5H4.6CO.Hg.2Mn/c2*1-2-4-5-3-1;6*1-2;;;/h2*1-4H;;;;;;;;;/q2*-1;;;;;;;+2;;. The first-order chi connectivity index (χ1) is 11.0. The van der Waals surface area contributed by atoms with Crippen LogP contribution in [0.2, 0.25) is 0 Å². The van der Waals surface area contributed by atoms with Gasteiger partial charge in [0, 0.05) is 34.1 Å². The quantitative estimate of drug-likeness (QED) is 0.226. The molecule has 0 heterocycles. The first-order valence-corrected chi connectivity index (χ1v) is 4.38. The van der Waals surface area contributed by atoms with Crippen molar-refractivity contribution in [3.05, 3.63) is 104 Å². The summed E-state index contributed by atoms with van der Waals surface area (Å²) in [5.74, 6) is 0. The van der Waals surface area contributed by atoms with E-state index in [9.17, 15) is 0 Å². The van der Waals surface area contributed by atoms with Crippen LogP contribution < -0.4 is 0 Å². The maximum atomic E-state index is 7.50. The zero-order valence-electron chi connectivity index (χ0n) is 12.5. The first-order valence-electron chi connectivity index (χ1n) is 4.38. The van der Waals surface area contributed by atoms with Crippen molar-refractivity contribution in [3.8, 4) is 0 Å². The molecule has 2 fully saturated rings. The molecule has 25 heavy (non-hydrogen) atoms. The van der Waals surface area contributed by atoms with Gasteiger partial charge < -0.3 is 12.8 Å². The molecule has 2 aliphatic carbocycles. The van der Waals surface area contributed by atoms with Crippen molar-refractivity contribution < 1.29 is 89.7 Å². The molecule has 2 saturated carbocycles. The average molecular weight is 607 g/mol. The van der Waals surface area contributed by atoms with Gasteiger partial charge in [0.25, 0.3) is 0 Å². The van der Waals surface area contributed by atoms with Gasteiger partial charge in [0.05, 0.1) is 0 Å². The zero-order valence-corrected chi connectivity index (χ0v) is 20.4. The van der Waals surface area contributed by atoms with E-state index < -0.39 is 0 Å². The van der Waals surface area contributed by atoms with Crippen LogP contribution in [0.1, 0.15) is 0 Å². The Morgan fingerprint density at radius 3 is 0.560 bits per heavy atom. The van der Waals surface area contributed by atoms with Crippen LogP contribution in [-0.2, 0) is 89.7 Å². The Bertz CT molecular complexity index is 196. The summed E-state index contributed by atoms with van der Waals surface area (Å²) in [6, 6.07) is 0. The Labute approximate surface area is 192 Å². The summed E-state index contributed by atoms with van der Waals surface area (Å²) in [7, 11) is 0. The van der Waals surface area contributed by atoms with Crippen LogP contribution >= 0.6 is 0 Å². The van der Waals surface area contributed by atoms with E-state index in [0.717, 1.165) is 0 Å². The molecule has 9 heteroatoms. The van der Waals surface area contributed by atoms with Gasteiger partial charge >= 0.3 is 95.5 Å². The van der Waals surface area contributed by atoms with E-state index in [1.807, 2.05) is 51.4 Å². The van der Waals surface area contributed by atoms with Gasteiger partial charge in [-0.3, -0.25) is 0 Å². The van der Waals surface area contributed by atoms with Crippen molar-refractivity contribution in [2.45, 2.75) is 0 Å². The summed E-state index contributed by atoms with van der Waals surface area (Å²) in [4.78, 5) is 0. The maximum Gasteiger partial charge on any atom is 2.00 e. The molecule has 6 nitrogen and oxygen atoms in total. The minimum atomic E-state index is 0. The van der Waals surface area contributed by atoms with Gasteiger partial charge in [0.2, 0.25) is 0 Å². The molecule has 0 bridgehead atoms. The fourth-order valence-electron chi connectivity index (χ4n) is 0.556. The topological polar surface area (TPSA) is 119 Å². The third-order valence-electron chi connectivity index (χ3n) is 0.992. The fourth-order valence-corrected chi connectivity index (χ4v) is 0.556. The molecule has 0 aromatic heterocycles. The summed E-state index contributed by atoms with van der Waals surface area (Å²) in [5, 5.41) is 0. The Kier molecular flexibility index (Phi) is 278. The van der Waals surface area contributed by atoms with Crippen LogP contribution in [0.15, 0.2) is 0 Å². The van der Waals surface area contributed by atoms with Gasteiger partial charge in [-0.25, -0.2) is 25.7 Å². The predicted octanol–water partition coefficient (Wildman–Crippen LogP) is 1.56. The van der Waals surface area contributed by atoms with Crippen molar-refractivity contribution >= 4 is 0 Å². The van der Waals surface area contributed by atoms with Gasteiger partial charge in [-0.2, -0.15) is 0 Å². The second-order valence-corrected chi connectivity index (χ2v) is 1.77. The van der Waals surface area contributed by atoms with Crippen molar-refractivity contribution in [3.63, 3.8) is 0 Å². The van der Waals surface area contributed by atoms with E-state index >= 15 is 0 Å². The van der Waals surface area contributed by atoms with Crippen molar-refractivity contribution in [2.24, 2.45) is 0 Å². The van der Waals surface area contributed by atoms with Gasteiger partial charge in [0.15, 0.2) is 0 Å². The van der Waals surface area contributed by atoms with E-state index in [4.69, 9.17) is 27.9 Å². The molecular formula is C16H8HgMn2O6. The fraction of sp³-hybridized carbons (Fsp3) is 0. The predicted molar refractivity (Wildman–Crippen MR) is 64.5 cm³/mol. The number of hydrogen-bond acceptors (Lipinski definition) is 0. The molecule has 0 atom stereocenters. The molecular weight excluding hydrogens is 599 g/mol. The SMILES string of the molecule is [C-]#[O+].[C-]#[O+].[C-]#[O+].[C-]#[O+].[C-]#[O+].[C-]#[O+].[C-]1[CH][CH][CH][CH]1.[C-]1[CH][CH][CH][CH]1.[Hg+2].[Mn].[Mn]. The summed E-state index contributed by atoms with van der Waals surface area (Å²) < 4.78 is 45.0. The van der Waals surface area contributed by atoms with E-state index in [0.29, 0.717) is 0 Å².